The summed E-state index contributed by atoms with van der Waals surface area (Å²) >= 11 is 0. The second-order valence-electron chi connectivity index (χ2n) is 7.66. The lowest BCUT2D eigenvalue weighted by Gasteiger charge is -2.32. The van der Waals surface area contributed by atoms with Gasteiger partial charge in [-0.2, -0.15) is 0 Å². The van der Waals surface area contributed by atoms with Crippen LogP contribution in [0.5, 0.6) is 17.2 Å². The summed E-state index contributed by atoms with van der Waals surface area (Å²) in [6.45, 7) is 3.60. The summed E-state index contributed by atoms with van der Waals surface area (Å²) in [6, 6.07) is 15.3. The Morgan fingerprint density at radius 1 is 1.06 bits per heavy atom. The number of carbonyl (C=O) groups excluding carboxylic acids is 1. The van der Waals surface area contributed by atoms with E-state index in [4.69, 9.17) is 14.2 Å². The fourth-order valence-corrected chi connectivity index (χ4v) is 3.81. The zero-order valence-electron chi connectivity index (χ0n) is 18.4. The highest BCUT2D eigenvalue weighted by Gasteiger charge is 2.19. The van der Waals surface area contributed by atoms with Gasteiger partial charge in [-0.05, 0) is 43.5 Å². The van der Waals surface area contributed by atoms with Crippen LogP contribution in [0.4, 0.5) is 0 Å². The number of likely N-dealkylation sites (tertiary alicyclic amines) is 1. The van der Waals surface area contributed by atoms with E-state index in [-0.39, 0.29) is 12.5 Å². The van der Waals surface area contributed by atoms with Crippen molar-refractivity contribution in [3.05, 3.63) is 60.2 Å². The van der Waals surface area contributed by atoms with E-state index in [0.717, 1.165) is 43.8 Å². The minimum absolute atomic E-state index is 0.0154. The minimum atomic E-state index is -0.112. The lowest BCUT2D eigenvalue weighted by molar-refractivity contribution is -0.123. The highest BCUT2D eigenvalue weighted by molar-refractivity contribution is 5.77. The van der Waals surface area contributed by atoms with Gasteiger partial charge >= 0.3 is 0 Å². The molecule has 1 N–H and O–H groups in total. The first kappa shape index (κ1) is 22.7. The molecule has 1 heterocycles. The molecule has 0 saturated carbocycles. The normalized spacial score (nSPS) is 16.8. The maximum absolute atomic E-state index is 12.2. The predicted molar refractivity (Wildman–Crippen MR) is 123 cm³/mol. The summed E-state index contributed by atoms with van der Waals surface area (Å²) in [5, 5.41) is 3.01. The van der Waals surface area contributed by atoms with Crippen molar-refractivity contribution >= 4 is 12.0 Å². The van der Waals surface area contributed by atoms with Gasteiger partial charge in [-0.1, -0.05) is 42.5 Å². The van der Waals surface area contributed by atoms with Crippen LogP contribution in [0.25, 0.3) is 6.08 Å². The first-order chi connectivity index (χ1) is 15.2. The SMILES string of the molecule is COc1ccccc1/C=C/CN1CCCC(CNC(=O)COc2ccccc2OC)C1. The van der Waals surface area contributed by atoms with Gasteiger partial charge in [0.15, 0.2) is 18.1 Å². The number of nitrogens with one attached hydrogen (secondary N) is 1. The van der Waals surface area contributed by atoms with E-state index < -0.39 is 0 Å². The summed E-state index contributed by atoms with van der Waals surface area (Å²) in [5.74, 6) is 2.42. The standard InChI is InChI=1S/C25H32N2O4/c1-29-22-12-4-3-10-21(22)11-8-16-27-15-7-9-20(18-27)17-26-25(28)19-31-24-14-6-5-13-23(24)30-2/h3-6,8,10-14,20H,7,9,15-19H2,1-2H3,(H,26,28)/b11-8+. The smallest absolute Gasteiger partial charge is 0.257 e. The largest absolute Gasteiger partial charge is 0.496 e. The third-order valence-corrected chi connectivity index (χ3v) is 5.42. The second kappa shape index (κ2) is 12.0. The Kier molecular flexibility index (Phi) is 8.79. The van der Waals surface area contributed by atoms with Gasteiger partial charge < -0.3 is 19.5 Å². The summed E-state index contributed by atoms with van der Waals surface area (Å²) in [4.78, 5) is 14.6. The molecule has 1 saturated heterocycles. The predicted octanol–water partition coefficient (Wildman–Crippen LogP) is 3.62. The molecule has 3 rings (SSSR count). The number of rotatable bonds is 10. The van der Waals surface area contributed by atoms with Crippen LogP contribution in [0.3, 0.4) is 0 Å². The van der Waals surface area contributed by atoms with Crippen molar-refractivity contribution in [2.24, 2.45) is 5.92 Å². The van der Waals surface area contributed by atoms with Crippen LogP contribution in [0.2, 0.25) is 0 Å². The molecule has 0 aromatic heterocycles. The van der Waals surface area contributed by atoms with E-state index in [1.54, 1.807) is 20.3 Å². The minimum Gasteiger partial charge on any atom is -0.496 e. The summed E-state index contributed by atoms with van der Waals surface area (Å²) in [6.07, 6.45) is 6.56. The van der Waals surface area contributed by atoms with Gasteiger partial charge in [0.1, 0.15) is 5.75 Å². The highest BCUT2D eigenvalue weighted by atomic mass is 16.5. The molecule has 1 amide bonds. The second-order valence-corrected chi connectivity index (χ2v) is 7.66. The molecular weight excluding hydrogens is 392 g/mol. The maximum atomic E-state index is 12.2. The summed E-state index contributed by atoms with van der Waals surface area (Å²) in [5.41, 5.74) is 1.08. The fraction of sp³-hybridized carbons (Fsp3) is 0.400. The number of nitrogens with zero attached hydrogens (tertiary/aromatic N) is 1. The molecular formula is C25H32N2O4. The number of methoxy groups -OCH3 is 2. The number of benzene rings is 2. The number of carbonyl (C=O) groups is 1. The van der Waals surface area contributed by atoms with Crippen molar-refractivity contribution in [2.75, 3.05) is 47.0 Å². The fourth-order valence-electron chi connectivity index (χ4n) is 3.81. The third kappa shape index (κ3) is 7.03. The molecule has 2 aromatic carbocycles. The molecule has 31 heavy (non-hydrogen) atoms. The van der Waals surface area contributed by atoms with Crippen molar-refractivity contribution < 1.29 is 19.0 Å². The van der Waals surface area contributed by atoms with Gasteiger partial charge in [-0.25, -0.2) is 0 Å². The summed E-state index contributed by atoms with van der Waals surface area (Å²) in [7, 11) is 3.28. The topological polar surface area (TPSA) is 60.0 Å². The number of ether oxygens (including phenoxy) is 3. The Hall–Kier alpha value is -2.99. The molecule has 6 nitrogen and oxygen atoms in total. The van der Waals surface area contributed by atoms with Gasteiger partial charge in [0, 0.05) is 25.2 Å². The number of hydrogen-bond acceptors (Lipinski definition) is 5. The molecule has 1 aliphatic rings. The molecule has 166 valence electrons. The maximum Gasteiger partial charge on any atom is 0.257 e. The first-order valence-electron chi connectivity index (χ1n) is 10.7. The molecule has 2 aromatic rings. The Balaban J connectivity index is 1.40. The van der Waals surface area contributed by atoms with Crippen LogP contribution in [0, 0.1) is 5.92 Å². The zero-order valence-corrected chi connectivity index (χ0v) is 18.4. The van der Waals surface area contributed by atoms with Gasteiger partial charge in [0.2, 0.25) is 0 Å². The Morgan fingerprint density at radius 2 is 1.77 bits per heavy atom. The number of hydrogen-bond donors (Lipinski definition) is 1. The van der Waals surface area contributed by atoms with E-state index in [0.29, 0.717) is 24.0 Å². The molecule has 0 spiro atoms. The molecule has 1 aliphatic heterocycles. The molecule has 6 heteroatoms. The van der Waals surface area contributed by atoms with Crippen LogP contribution in [-0.2, 0) is 4.79 Å². The molecule has 0 aliphatic carbocycles. The van der Waals surface area contributed by atoms with Crippen molar-refractivity contribution in [3.8, 4) is 17.2 Å². The first-order valence-corrected chi connectivity index (χ1v) is 10.7. The van der Waals surface area contributed by atoms with Gasteiger partial charge in [0.25, 0.3) is 5.91 Å². The van der Waals surface area contributed by atoms with Crippen LogP contribution >= 0.6 is 0 Å². The Morgan fingerprint density at radius 3 is 2.55 bits per heavy atom. The average Bonchev–Trinajstić information content (AvgIpc) is 2.82. The van der Waals surface area contributed by atoms with Crippen LogP contribution in [0.15, 0.2) is 54.6 Å². The lowest BCUT2D eigenvalue weighted by Crippen LogP contribution is -2.41. The number of piperidine rings is 1. The van der Waals surface area contributed by atoms with Crippen molar-refractivity contribution in [3.63, 3.8) is 0 Å². The van der Waals surface area contributed by atoms with E-state index in [1.807, 2.05) is 36.4 Å². The van der Waals surface area contributed by atoms with Gasteiger partial charge in [-0.3, -0.25) is 9.69 Å². The van der Waals surface area contributed by atoms with Gasteiger partial charge in [0.05, 0.1) is 14.2 Å². The zero-order chi connectivity index (χ0) is 21.9. The van der Waals surface area contributed by atoms with Crippen LogP contribution in [-0.4, -0.2) is 57.8 Å². The van der Waals surface area contributed by atoms with E-state index in [9.17, 15) is 4.79 Å². The van der Waals surface area contributed by atoms with Crippen molar-refractivity contribution in [1.82, 2.24) is 10.2 Å². The highest BCUT2D eigenvalue weighted by Crippen LogP contribution is 2.25. The van der Waals surface area contributed by atoms with Crippen molar-refractivity contribution in [1.29, 1.82) is 0 Å². The molecule has 1 fully saturated rings. The summed E-state index contributed by atoms with van der Waals surface area (Å²) < 4.78 is 16.2. The third-order valence-electron chi connectivity index (χ3n) is 5.42. The van der Waals surface area contributed by atoms with Crippen LogP contribution < -0.4 is 19.5 Å². The van der Waals surface area contributed by atoms with E-state index in [1.165, 1.54) is 0 Å². The van der Waals surface area contributed by atoms with Crippen molar-refractivity contribution in [2.45, 2.75) is 12.8 Å². The lowest BCUT2D eigenvalue weighted by atomic mass is 9.98. The number of para-hydroxylation sites is 3. The molecule has 1 unspecified atom stereocenters. The van der Waals surface area contributed by atoms with E-state index in [2.05, 4.69) is 28.4 Å². The Labute approximate surface area is 184 Å². The average molecular weight is 425 g/mol. The van der Waals surface area contributed by atoms with E-state index >= 15 is 0 Å². The molecule has 1 atom stereocenters. The molecule has 0 radical (unpaired) electrons. The molecule has 0 bridgehead atoms. The number of amides is 1. The quantitative estimate of drug-likeness (QED) is 0.631. The van der Waals surface area contributed by atoms with Gasteiger partial charge in [-0.15, -0.1) is 0 Å². The van der Waals surface area contributed by atoms with Crippen LogP contribution in [0.1, 0.15) is 18.4 Å². The Bertz CT molecular complexity index is 868. The monoisotopic (exact) mass is 424 g/mol.